The molecule has 2 heterocycles. The number of halogens is 1. The Morgan fingerprint density at radius 1 is 1.23 bits per heavy atom. The number of nitrogens with one attached hydrogen (secondary N) is 1. The maximum Gasteiger partial charge on any atom is 0.254 e. The van der Waals surface area contributed by atoms with Crippen LogP contribution >= 0.6 is 11.3 Å². The van der Waals surface area contributed by atoms with Gasteiger partial charge in [0.05, 0.1) is 22.8 Å². The summed E-state index contributed by atoms with van der Waals surface area (Å²) >= 11 is 1.64. The molecule has 1 aliphatic heterocycles. The Morgan fingerprint density at radius 2 is 1.96 bits per heavy atom. The van der Waals surface area contributed by atoms with Gasteiger partial charge >= 0.3 is 0 Å². The first kappa shape index (κ1) is 18.5. The van der Waals surface area contributed by atoms with Crippen LogP contribution in [-0.4, -0.2) is 59.3 Å². The van der Waals surface area contributed by atoms with E-state index in [2.05, 4.69) is 20.6 Å². The maximum absolute atomic E-state index is 13.6. The van der Waals surface area contributed by atoms with Crippen LogP contribution in [-0.2, 0) is 11.3 Å². The minimum Gasteiger partial charge on any atom is -0.343 e. The van der Waals surface area contributed by atoms with E-state index in [4.69, 9.17) is 0 Å². The van der Waals surface area contributed by atoms with Crippen molar-refractivity contribution in [3.05, 3.63) is 51.7 Å². The minimum absolute atomic E-state index is 0.0522. The van der Waals surface area contributed by atoms with Crippen molar-refractivity contribution in [3.8, 4) is 0 Å². The predicted octanol–water partition coefficient (Wildman–Crippen LogP) is 1.66. The monoisotopic (exact) mass is 376 g/mol. The average Bonchev–Trinajstić information content (AvgIpc) is 3.05. The molecule has 1 aromatic heterocycles. The van der Waals surface area contributed by atoms with Crippen LogP contribution in [0.3, 0.4) is 0 Å². The Bertz CT molecular complexity index is 787. The molecule has 1 saturated heterocycles. The van der Waals surface area contributed by atoms with Gasteiger partial charge in [0.1, 0.15) is 5.82 Å². The Labute approximate surface area is 155 Å². The van der Waals surface area contributed by atoms with E-state index in [1.54, 1.807) is 22.3 Å². The quantitative estimate of drug-likeness (QED) is 0.862. The molecule has 0 bridgehead atoms. The normalized spacial score (nSPS) is 15.1. The van der Waals surface area contributed by atoms with Crippen molar-refractivity contribution >= 4 is 23.2 Å². The molecule has 3 rings (SSSR count). The van der Waals surface area contributed by atoms with Gasteiger partial charge in [0.2, 0.25) is 5.91 Å². The molecule has 138 valence electrons. The molecule has 26 heavy (non-hydrogen) atoms. The summed E-state index contributed by atoms with van der Waals surface area (Å²) in [4.78, 5) is 32.7. The highest BCUT2D eigenvalue weighted by molar-refractivity contribution is 7.09. The van der Waals surface area contributed by atoms with E-state index >= 15 is 0 Å². The molecule has 8 heteroatoms. The molecule has 1 aliphatic rings. The Kier molecular flexibility index (Phi) is 5.95. The van der Waals surface area contributed by atoms with E-state index in [1.807, 2.05) is 6.92 Å². The summed E-state index contributed by atoms with van der Waals surface area (Å²) in [5.41, 5.74) is 1.01. The topological polar surface area (TPSA) is 65.5 Å². The number of hydrogen-bond donors (Lipinski definition) is 1. The average molecular weight is 376 g/mol. The molecule has 0 unspecified atom stereocenters. The minimum atomic E-state index is -0.594. The van der Waals surface area contributed by atoms with Gasteiger partial charge in [-0.15, -0.1) is 11.3 Å². The Morgan fingerprint density at radius 3 is 2.62 bits per heavy atom. The second kappa shape index (κ2) is 8.37. The molecule has 0 aliphatic carbocycles. The van der Waals surface area contributed by atoms with Crippen molar-refractivity contribution in [2.45, 2.75) is 13.5 Å². The number of rotatable bonds is 5. The van der Waals surface area contributed by atoms with E-state index in [0.717, 1.165) is 30.3 Å². The number of aromatic nitrogens is 1. The maximum atomic E-state index is 13.6. The van der Waals surface area contributed by atoms with Crippen LogP contribution in [0.4, 0.5) is 4.39 Å². The van der Waals surface area contributed by atoms with Gasteiger partial charge in [-0.25, -0.2) is 9.37 Å². The molecule has 0 spiro atoms. The number of amides is 2. The second-order valence-corrected chi connectivity index (χ2v) is 7.24. The Hall–Kier alpha value is -2.32. The second-order valence-electron chi connectivity index (χ2n) is 6.18. The van der Waals surface area contributed by atoms with Gasteiger partial charge in [0, 0.05) is 38.1 Å². The van der Waals surface area contributed by atoms with E-state index in [9.17, 15) is 14.0 Å². The van der Waals surface area contributed by atoms with Crippen LogP contribution in [0.15, 0.2) is 29.6 Å². The molecule has 0 saturated carbocycles. The number of carbonyl (C=O) groups is 2. The smallest absolute Gasteiger partial charge is 0.254 e. The van der Waals surface area contributed by atoms with Gasteiger partial charge in [0.15, 0.2) is 0 Å². The summed E-state index contributed by atoms with van der Waals surface area (Å²) in [6.45, 7) is 5.40. The lowest BCUT2D eigenvalue weighted by Gasteiger charge is -2.34. The van der Waals surface area contributed by atoms with E-state index in [0.29, 0.717) is 13.1 Å². The van der Waals surface area contributed by atoms with Gasteiger partial charge in [0.25, 0.3) is 5.91 Å². The van der Waals surface area contributed by atoms with Crippen molar-refractivity contribution < 1.29 is 14.0 Å². The van der Waals surface area contributed by atoms with Gasteiger partial charge in [-0.2, -0.15) is 0 Å². The fraction of sp³-hybridized carbons (Fsp3) is 0.389. The molecule has 1 N–H and O–H groups in total. The number of benzene rings is 1. The number of thiazole rings is 1. The fourth-order valence-electron chi connectivity index (χ4n) is 2.87. The first-order chi connectivity index (χ1) is 12.5. The highest BCUT2D eigenvalue weighted by atomic mass is 32.1. The van der Waals surface area contributed by atoms with Crippen LogP contribution in [0, 0.1) is 12.7 Å². The number of piperazine rings is 1. The molecule has 1 fully saturated rings. The summed E-state index contributed by atoms with van der Waals surface area (Å²) in [5.74, 6) is -1.32. The van der Waals surface area contributed by atoms with Crippen molar-refractivity contribution in [2.24, 2.45) is 0 Å². The van der Waals surface area contributed by atoms with E-state index in [-0.39, 0.29) is 18.0 Å². The van der Waals surface area contributed by atoms with Crippen LogP contribution in [0.5, 0.6) is 0 Å². The Balaban J connectivity index is 1.43. The standard InChI is InChI=1S/C18H21FN4O2S/c1-13-21-14(12-26-13)11-22-6-8-23(9-7-22)17(24)10-20-18(25)15-4-2-3-5-16(15)19/h2-5,12H,6-11H2,1H3,(H,20,25). The molecular weight excluding hydrogens is 355 g/mol. The zero-order chi connectivity index (χ0) is 18.5. The van der Waals surface area contributed by atoms with Gasteiger partial charge in [-0.05, 0) is 19.1 Å². The van der Waals surface area contributed by atoms with Gasteiger partial charge in [-0.3, -0.25) is 14.5 Å². The highest BCUT2D eigenvalue weighted by Crippen LogP contribution is 2.12. The molecule has 6 nitrogen and oxygen atoms in total. The molecule has 2 aromatic rings. The fourth-order valence-corrected chi connectivity index (χ4v) is 3.48. The van der Waals surface area contributed by atoms with Crippen LogP contribution in [0.25, 0.3) is 0 Å². The van der Waals surface area contributed by atoms with Crippen molar-refractivity contribution in [3.63, 3.8) is 0 Å². The molecule has 0 radical (unpaired) electrons. The third kappa shape index (κ3) is 4.64. The number of carbonyl (C=O) groups excluding carboxylic acids is 2. The van der Waals surface area contributed by atoms with Crippen molar-refractivity contribution in [2.75, 3.05) is 32.7 Å². The SMILES string of the molecule is Cc1nc(CN2CCN(C(=O)CNC(=O)c3ccccc3F)CC2)cs1. The van der Waals surface area contributed by atoms with Crippen molar-refractivity contribution in [1.29, 1.82) is 0 Å². The first-order valence-corrected chi connectivity index (χ1v) is 9.35. The summed E-state index contributed by atoms with van der Waals surface area (Å²) in [7, 11) is 0. The summed E-state index contributed by atoms with van der Waals surface area (Å²) in [6, 6.07) is 5.72. The molecule has 2 amide bonds. The van der Waals surface area contributed by atoms with Gasteiger partial charge < -0.3 is 10.2 Å². The largest absolute Gasteiger partial charge is 0.343 e. The number of aryl methyl sites for hydroxylation is 1. The molecular formula is C18H21FN4O2S. The molecule has 1 aromatic carbocycles. The summed E-state index contributed by atoms with van der Waals surface area (Å²) in [5, 5.41) is 5.61. The zero-order valence-electron chi connectivity index (χ0n) is 14.6. The van der Waals surface area contributed by atoms with E-state index in [1.165, 1.54) is 18.2 Å². The van der Waals surface area contributed by atoms with Crippen LogP contribution < -0.4 is 5.32 Å². The highest BCUT2D eigenvalue weighted by Gasteiger charge is 2.22. The summed E-state index contributed by atoms with van der Waals surface area (Å²) < 4.78 is 13.6. The first-order valence-electron chi connectivity index (χ1n) is 8.47. The van der Waals surface area contributed by atoms with Crippen LogP contribution in [0.1, 0.15) is 21.1 Å². The lowest BCUT2D eigenvalue weighted by atomic mass is 10.2. The molecule has 0 atom stereocenters. The lowest BCUT2D eigenvalue weighted by Crippen LogP contribution is -2.50. The van der Waals surface area contributed by atoms with Crippen molar-refractivity contribution in [1.82, 2.24) is 20.1 Å². The zero-order valence-corrected chi connectivity index (χ0v) is 15.4. The van der Waals surface area contributed by atoms with Gasteiger partial charge in [-0.1, -0.05) is 12.1 Å². The van der Waals surface area contributed by atoms with E-state index < -0.39 is 11.7 Å². The number of hydrogen-bond acceptors (Lipinski definition) is 5. The third-order valence-corrected chi connectivity index (χ3v) is 5.12. The summed E-state index contributed by atoms with van der Waals surface area (Å²) in [6.07, 6.45) is 0. The number of nitrogens with zero attached hydrogens (tertiary/aromatic N) is 3. The predicted molar refractivity (Wildman–Crippen MR) is 97.4 cm³/mol. The lowest BCUT2D eigenvalue weighted by molar-refractivity contribution is -0.131. The third-order valence-electron chi connectivity index (χ3n) is 4.30. The van der Waals surface area contributed by atoms with Crippen LogP contribution in [0.2, 0.25) is 0 Å².